The van der Waals surface area contributed by atoms with Gasteiger partial charge in [0.05, 0.1) is 26.2 Å². The van der Waals surface area contributed by atoms with Gasteiger partial charge in [-0.3, -0.25) is 0 Å². The summed E-state index contributed by atoms with van der Waals surface area (Å²) in [7, 11) is 0. The maximum absolute atomic E-state index is 2.27. The van der Waals surface area contributed by atoms with Crippen LogP contribution in [0.2, 0.25) is 0 Å². The van der Waals surface area contributed by atoms with Crippen molar-refractivity contribution < 1.29 is 30.7 Å². The SMILES string of the molecule is CC[N+](CC)(CC)CC.[Zr]. The average molecular weight is 221 g/mol. The molecule has 0 saturated carbocycles. The van der Waals surface area contributed by atoms with Crippen LogP contribution in [0.1, 0.15) is 27.7 Å². The Morgan fingerprint density at radius 3 is 0.900 bits per heavy atom. The van der Waals surface area contributed by atoms with Crippen molar-refractivity contribution in [3.8, 4) is 0 Å². The van der Waals surface area contributed by atoms with Crippen LogP contribution in [0.25, 0.3) is 0 Å². The predicted octanol–water partition coefficient (Wildman–Crippen LogP) is 1.88. The third-order valence-electron chi connectivity index (χ3n) is 2.68. The fourth-order valence-corrected chi connectivity index (χ4v) is 1.34. The van der Waals surface area contributed by atoms with Crippen LogP contribution < -0.4 is 0 Å². The molecular formula is C8H20NZr+. The van der Waals surface area contributed by atoms with E-state index in [0.717, 1.165) is 0 Å². The molecule has 0 aliphatic carbocycles. The van der Waals surface area contributed by atoms with Gasteiger partial charge in [-0.05, 0) is 27.7 Å². The summed E-state index contributed by atoms with van der Waals surface area (Å²) in [5.41, 5.74) is 0. The Bertz CT molecular complexity index is 52.1. The summed E-state index contributed by atoms with van der Waals surface area (Å²) >= 11 is 0. The Hall–Kier alpha value is 0.843. The van der Waals surface area contributed by atoms with Gasteiger partial charge in [0.25, 0.3) is 0 Å². The zero-order valence-electron chi connectivity index (χ0n) is 7.78. The summed E-state index contributed by atoms with van der Waals surface area (Å²) in [6.07, 6.45) is 0. The Kier molecular flexibility index (Phi) is 8.80. The van der Waals surface area contributed by atoms with Crippen LogP contribution in [-0.4, -0.2) is 30.7 Å². The van der Waals surface area contributed by atoms with Crippen LogP contribution in [0.5, 0.6) is 0 Å². The predicted molar refractivity (Wildman–Crippen MR) is 42.4 cm³/mol. The van der Waals surface area contributed by atoms with E-state index in [1.165, 1.54) is 30.7 Å². The van der Waals surface area contributed by atoms with Gasteiger partial charge < -0.3 is 4.48 Å². The number of nitrogens with zero attached hydrogens (tertiary/aromatic N) is 1. The van der Waals surface area contributed by atoms with Crippen LogP contribution in [0.4, 0.5) is 0 Å². The fourth-order valence-electron chi connectivity index (χ4n) is 1.34. The first-order chi connectivity index (χ1) is 4.24. The normalized spacial score (nSPS) is 10.8. The molecule has 0 heterocycles. The number of quaternary nitrogens is 1. The third-order valence-corrected chi connectivity index (χ3v) is 2.68. The molecule has 0 atom stereocenters. The Morgan fingerprint density at radius 1 is 0.700 bits per heavy atom. The molecule has 0 rings (SSSR count). The molecule has 0 aromatic heterocycles. The van der Waals surface area contributed by atoms with Crippen molar-refractivity contribution in [1.29, 1.82) is 0 Å². The van der Waals surface area contributed by atoms with Gasteiger partial charge in [0, 0.05) is 26.2 Å². The first-order valence-electron chi connectivity index (χ1n) is 4.09. The van der Waals surface area contributed by atoms with E-state index in [4.69, 9.17) is 0 Å². The van der Waals surface area contributed by atoms with Crippen molar-refractivity contribution in [3.05, 3.63) is 0 Å². The summed E-state index contributed by atoms with van der Waals surface area (Å²) in [6.45, 7) is 14.2. The second-order valence-corrected chi connectivity index (χ2v) is 2.61. The molecule has 0 bridgehead atoms. The minimum absolute atomic E-state index is 0. The Balaban J connectivity index is 0. The first kappa shape index (κ1) is 13.4. The molecule has 0 fully saturated rings. The molecule has 0 aromatic rings. The molecule has 0 saturated heterocycles. The fraction of sp³-hybridized carbons (Fsp3) is 1.00. The topological polar surface area (TPSA) is 0 Å². The van der Waals surface area contributed by atoms with E-state index in [1.54, 1.807) is 0 Å². The first-order valence-corrected chi connectivity index (χ1v) is 4.09. The monoisotopic (exact) mass is 220 g/mol. The Morgan fingerprint density at radius 2 is 0.900 bits per heavy atom. The molecule has 0 radical (unpaired) electrons. The molecule has 0 N–H and O–H groups in total. The molecule has 0 aliphatic heterocycles. The minimum Gasteiger partial charge on any atom is -0.325 e. The van der Waals surface area contributed by atoms with Crippen molar-refractivity contribution in [3.63, 3.8) is 0 Å². The van der Waals surface area contributed by atoms with Crippen LogP contribution in [0.3, 0.4) is 0 Å². The summed E-state index contributed by atoms with van der Waals surface area (Å²) in [6, 6.07) is 0. The van der Waals surface area contributed by atoms with Crippen LogP contribution in [-0.2, 0) is 26.2 Å². The van der Waals surface area contributed by atoms with E-state index in [0.29, 0.717) is 0 Å². The maximum atomic E-state index is 2.27. The molecule has 10 heavy (non-hydrogen) atoms. The van der Waals surface area contributed by atoms with Gasteiger partial charge in [-0.25, -0.2) is 0 Å². The van der Waals surface area contributed by atoms with Gasteiger partial charge in [0.2, 0.25) is 0 Å². The number of hydrogen-bond donors (Lipinski definition) is 0. The molecule has 0 spiro atoms. The standard InChI is InChI=1S/C8H20N.Zr/c1-5-9(6-2,7-3)8-4;/h5-8H2,1-4H3;/q+1;. The largest absolute Gasteiger partial charge is 0.325 e. The van der Waals surface area contributed by atoms with Crippen LogP contribution in [0.15, 0.2) is 0 Å². The molecule has 0 amide bonds. The zero-order valence-corrected chi connectivity index (χ0v) is 10.2. The van der Waals surface area contributed by atoms with Gasteiger partial charge in [0.15, 0.2) is 0 Å². The smallest absolute Gasteiger partial charge is 0.0757 e. The van der Waals surface area contributed by atoms with Gasteiger partial charge in [-0.2, -0.15) is 0 Å². The molecule has 1 nitrogen and oxygen atoms in total. The van der Waals surface area contributed by atoms with Gasteiger partial charge in [0.1, 0.15) is 0 Å². The molecule has 2 heteroatoms. The maximum Gasteiger partial charge on any atom is 0.0757 e. The van der Waals surface area contributed by atoms with E-state index in [-0.39, 0.29) is 26.2 Å². The van der Waals surface area contributed by atoms with Crippen LogP contribution in [0, 0.1) is 0 Å². The molecule has 0 aromatic carbocycles. The summed E-state index contributed by atoms with van der Waals surface area (Å²) in [5.74, 6) is 0. The second-order valence-electron chi connectivity index (χ2n) is 2.61. The van der Waals surface area contributed by atoms with Crippen molar-refractivity contribution >= 4 is 0 Å². The molecular weight excluding hydrogens is 201 g/mol. The van der Waals surface area contributed by atoms with Gasteiger partial charge >= 0.3 is 0 Å². The zero-order chi connectivity index (χ0) is 7.33. The molecule has 0 aliphatic rings. The average Bonchev–Trinajstić information content (AvgIpc) is 1.95. The minimum atomic E-state index is 0. The van der Waals surface area contributed by atoms with E-state index in [1.807, 2.05) is 0 Å². The molecule has 0 unspecified atom stereocenters. The third kappa shape index (κ3) is 3.30. The van der Waals surface area contributed by atoms with Gasteiger partial charge in [-0.15, -0.1) is 0 Å². The van der Waals surface area contributed by atoms with Crippen molar-refractivity contribution in [2.45, 2.75) is 27.7 Å². The van der Waals surface area contributed by atoms with Crippen molar-refractivity contribution in [1.82, 2.24) is 0 Å². The van der Waals surface area contributed by atoms with Gasteiger partial charge in [-0.1, -0.05) is 0 Å². The summed E-state index contributed by atoms with van der Waals surface area (Å²) in [5, 5.41) is 0. The van der Waals surface area contributed by atoms with Crippen LogP contribution >= 0.6 is 0 Å². The summed E-state index contributed by atoms with van der Waals surface area (Å²) < 4.78 is 1.28. The Labute approximate surface area is 84.5 Å². The molecule has 60 valence electrons. The van der Waals surface area contributed by atoms with Crippen molar-refractivity contribution in [2.24, 2.45) is 0 Å². The number of rotatable bonds is 4. The number of hydrogen-bond acceptors (Lipinski definition) is 0. The second kappa shape index (κ2) is 6.55. The van der Waals surface area contributed by atoms with E-state index in [2.05, 4.69) is 27.7 Å². The van der Waals surface area contributed by atoms with E-state index < -0.39 is 0 Å². The van der Waals surface area contributed by atoms with Crippen molar-refractivity contribution in [2.75, 3.05) is 26.2 Å². The van der Waals surface area contributed by atoms with E-state index in [9.17, 15) is 0 Å². The summed E-state index contributed by atoms with van der Waals surface area (Å²) in [4.78, 5) is 0. The quantitative estimate of drug-likeness (QED) is 0.636. The van der Waals surface area contributed by atoms with E-state index >= 15 is 0 Å².